The maximum absolute atomic E-state index is 12.1. The summed E-state index contributed by atoms with van der Waals surface area (Å²) in [6.45, 7) is 2.79. The molecule has 0 aliphatic heterocycles. The summed E-state index contributed by atoms with van der Waals surface area (Å²) in [7, 11) is 0. The number of hydrogen-bond donors (Lipinski definition) is 2. The number of nitrogens with one attached hydrogen (secondary N) is 2. The van der Waals surface area contributed by atoms with Crippen molar-refractivity contribution in [2.75, 3.05) is 11.9 Å². The van der Waals surface area contributed by atoms with Gasteiger partial charge in [0.25, 0.3) is 0 Å². The van der Waals surface area contributed by atoms with Crippen LogP contribution in [0.2, 0.25) is 0 Å². The van der Waals surface area contributed by atoms with Crippen LogP contribution in [0.3, 0.4) is 0 Å². The Morgan fingerprint density at radius 1 is 0.656 bits per heavy atom. The van der Waals surface area contributed by atoms with Crippen LogP contribution in [0.15, 0.2) is 54.6 Å². The van der Waals surface area contributed by atoms with Gasteiger partial charge in [-0.1, -0.05) is 119 Å². The number of benzene rings is 2. The molecule has 0 saturated heterocycles. The molecule has 2 rings (SSSR count). The number of hydrogen-bond acceptors (Lipinski definition) is 2. The Balaban J connectivity index is 1.57. The molecule has 4 heteroatoms. The first kappa shape index (κ1) is 25.4. The van der Waals surface area contributed by atoms with E-state index >= 15 is 0 Å². The van der Waals surface area contributed by atoms with Crippen LogP contribution in [-0.4, -0.2) is 18.4 Å². The summed E-state index contributed by atoms with van der Waals surface area (Å²) in [5, 5.41) is 5.37. The van der Waals surface area contributed by atoms with E-state index in [1.165, 1.54) is 51.4 Å². The Hall–Kier alpha value is -2.88. The molecule has 0 spiro atoms. The van der Waals surface area contributed by atoms with E-state index in [1.807, 2.05) is 54.6 Å². The van der Waals surface area contributed by atoms with Gasteiger partial charge in [-0.3, -0.25) is 9.59 Å². The molecule has 2 aromatic rings. The maximum atomic E-state index is 12.1. The Kier molecular flexibility index (Phi) is 12.6. The number of carbonyl (C=O) groups excluding carboxylic acids is 2. The molecular weight excluding hydrogens is 396 g/mol. The quantitative estimate of drug-likeness (QED) is 0.194. The molecule has 0 unspecified atom stereocenters. The normalized spacial score (nSPS) is 10.9. The van der Waals surface area contributed by atoms with E-state index in [1.54, 1.807) is 12.1 Å². The largest absolute Gasteiger partial charge is 0.348 e. The van der Waals surface area contributed by atoms with Gasteiger partial charge < -0.3 is 10.6 Å². The van der Waals surface area contributed by atoms with Crippen LogP contribution in [0.1, 0.15) is 82.3 Å². The summed E-state index contributed by atoms with van der Waals surface area (Å²) in [5.41, 5.74) is 2.77. The van der Waals surface area contributed by atoms with Crippen LogP contribution in [0.4, 0.5) is 5.69 Å². The van der Waals surface area contributed by atoms with Crippen LogP contribution in [0, 0.1) is 0 Å². The van der Waals surface area contributed by atoms with E-state index in [9.17, 15) is 9.59 Å². The van der Waals surface area contributed by atoms with Crippen molar-refractivity contribution < 1.29 is 9.59 Å². The molecule has 172 valence electrons. The first-order valence-electron chi connectivity index (χ1n) is 12.1. The molecule has 0 saturated carbocycles. The van der Waals surface area contributed by atoms with Crippen molar-refractivity contribution in [3.05, 3.63) is 65.7 Å². The molecular formula is C28H38N2O2. The van der Waals surface area contributed by atoms with Crippen LogP contribution >= 0.6 is 0 Å². The van der Waals surface area contributed by atoms with Crippen LogP contribution < -0.4 is 10.6 Å². The van der Waals surface area contributed by atoms with Crippen molar-refractivity contribution in [2.45, 2.75) is 71.1 Å². The molecule has 2 aromatic carbocycles. The zero-order valence-electron chi connectivity index (χ0n) is 19.4. The lowest BCUT2D eigenvalue weighted by Gasteiger charge is -2.07. The van der Waals surface area contributed by atoms with E-state index in [0.29, 0.717) is 12.2 Å². The monoisotopic (exact) mass is 434 g/mol. The Morgan fingerprint density at radius 2 is 1.19 bits per heavy atom. The predicted octanol–water partition coefficient (Wildman–Crippen LogP) is 6.83. The van der Waals surface area contributed by atoms with Gasteiger partial charge in [0.2, 0.25) is 0 Å². The standard InChI is InChI=1S/C28H38N2O2/c1-2-3-4-5-6-7-8-9-10-14-23-29-27(31)28(32)30-26-21-19-25(20-22-26)18-17-24-15-12-11-13-16-24/h11-13,15-22H,2-10,14,23H2,1H3,(H,29,31)(H,30,32)/b18-17+. The fourth-order valence-electron chi connectivity index (χ4n) is 3.52. The number of carbonyl (C=O) groups is 2. The highest BCUT2D eigenvalue weighted by Crippen LogP contribution is 2.13. The average Bonchev–Trinajstić information content (AvgIpc) is 2.82. The lowest BCUT2D eigenvalue weighted by atomic mass is 10.1. The fraction of sp³-hybridized carbons (Fsp3) is 0.429. The highest BCUT2D eigenvalue weighted by atomic mass is 16.2. The first-order chi connectivity index (χ1) is 15.7. The van der Waals surface area contributed by atoms with Gasteiger partial charge in [-0.2, -0.15) is 0 Å². The molecule has 4 nitrogen and oxygen atoms in total. The number of anilines is 1. The Bertz CT molecular complexity index is 813. The maximum Gasteiger partial charge on any atom is 0.313 e. The van der Waals surface area contributed by atoms with Crippen LogP contribution in [0.5, 0.6) is 0 Å². The number of unbranched alkanes of at least 4 members (excludes halogenated alkanes) is 9. The Labute approximate surface area is 193 Å². The molecule has 0 aliphatic carbocycles. The molecule has 0 radical (unpaired) electrons. The summed E-state index contributed by atoms with van der Waals surface area (Å²) >= 11 is 0. The smallest absolute Gasteiger partial charge is 0.313 e. The summed E-state index contributed by atoms with van der Waals surface area (Å²) < 4.78 is 0. The summed E-state index contributed by atoms with van der Waals surface area (Å²) in [4.78, 5) is 24.1. The number of amides is 2. The highest BCUT2D eigenvalue weighted by molar-refractivity contribution is 6.39. The lowest BCUT2D eigenvalue weighted by Crippen LogP contribution is -2.35. The third-order valence-electron chi connectivity index (χ3n) is 5.46. The van der Waals surface area contributed by atoms with E-state index in [2.05, 4.69) is 17.6 Å². The topological polar surface area (TPSA) is 58.2 Å². The Morgan fingerprint density at radius 3 is 1.78 bits per heavy atom. The minimum absolute atomic E-state index is 0.548. The molecule has 32 heavy (non-hydrogen) atoms. The van der Waals surface area contributed by atoms with Gasteiger partial charge in [-0.05, 0) is 29.7 Å². The third-order valence-corrected chi connectivity index (χ3v) is 5.46. The van der Waals surface area contributed by atoms with Crippen molar-refractivity contribution in [3.8, 4) is 0 Å². The highest BCUT2D eigenvalue weighted by Gasteiger charge is 2.12. The van der Waals surface area contributed by atoms with Gasteiger partial charge >= 0.3 is 11.8 Å². The molecule has 2 N–H and O–H groups in total. The van der Waals surface area contributed by atoms with E-state index in [4.69, 9.17) is 0 Å². The molecule has 0 aromatic heterocycles. The first-order valence-corrected chi connectivity index (χ1v) is 12.1. The predicted molar refractivity (Wildman–Crippen MR) is 135 cm³/mol. The molecule has 0 bridgehead atoms. The molecule has 0 aliphatic rings. The van der Waals surface area contributed by atoms with Gasteiger partial charge in [0.15, 0.2) is 0 Å². The molecule has 0 atom stereocenters. The van der Waals surface area contributed by atoms with Crippen molar-refractivity contribution in [1.82, 2.24) is 5.32 Å². The molecule has 2 amide bonds. The third kappa shape index (κ3) is 10.9. The van der Waals surface area contributed by atoms with Gasteiger partial charge in [0.05, 0.1) is 0 Å². The van der Waals surface area contributed by atoms with E-state index in [-0.39, 0.29) is 0 Å². The van der Waals surface area contributed by atoms with Crippen LogP contribution in [0.25, 0.3) is 12.2 Å². The SMILES string of the molecule is CCCCCCCCCCCCNC(=O)C(=O)Nc1ccc(/C=C/c2ccccc2)cc1. The fourth-order valence-corrected chi connectivity index (χ4v) is 3.52. The van der Waals surface area contributed by atoms with Gasteiger partial charge in [0, 0.05) is 12.2 Å². The summed E-state index contributed by atoms with van der Waals surface area (Å²) in [5.74, 6) is -1.20. The van der Waals surface area contributed by atoms with Crippen molar-refractivity contribution in [3.63, 3.8) is 0 Å². The van der Waals surface area contributed by atoms with Gasteiger partial charge in [0.1, 0.15) is 0 Å². The van der Waals surface area contributed by atoms with Gasteiger partial charge in [-0.25, -0.2) is 0 Å². The zero-order chi connectivity index (χ0) is 22.9. The molecule has 0 heterocycles. The second kappa shape index (κ2) is 15.9. The second-order valence-corrected chi connectivity index (χ2v) is 8.26. The lowest BCUT2D eigenvalue weighted by molar-refractivity contribution is -0.136. The average molecular weight is 435 g/mol. The van der Waals surface area contributed by atoms with Crippen molar-refractivity contribution in [1.29, 1.82) is 0 Å². The van der Waals surface area contributed by atoms with Gasteiger partial charge in [-0.15, -0.1) is 0 Å². The van der Waals surface area contributed by atoms with Crippen molar-refractivity contribution in [2.24, 2.45) is 0 Å². The minimum Gasteiger partial charge on any atom is -0.348 e. The zero-order valence-corrected chi connectivity index (χ0v) is 19.4. The summed E-state index contributed by atoms with van der Waals surface area (Å²) in [6.07, 6.45) is 16.5. The summed E-state index contributed by atoms with van der Waals surface area (Å²) in [6, 6.07) is 17.5. The minimum atomic E-state index is -0.621. The van der Waals surface area contributed by atoms with E-state index < -0.39 is 11.8 Å². The number of rotatable bonds is 14. The van der Waals surface area contributed by atoms with Crippen LogP contribution in [-0.2, 0) is 9.59 Å². The van der Waals surface area contributed by atoms with Crippen molar-refractivity contribution >= 4 is 29.7 Å². The van der Waals surface area contributed by atoms with E-state index in [0.717, 1.165) is 24.0 Å². The second-order valence-electron chi connectivity index (χ2n) is 8.26. The molecule has 0 fully saturated rings.